The van der Waals surface area contributed by atoms with Crippen molar-refractivity contribution < 1.29 is 23.8 Å². The van der Waals surface area contributed by atoms with Gasteiger partial charge in [0.1, 0.15) is 17.3 Å². The quantitative estimate of drug-likeness (QED) is 0.743. The minimum Gasteiger partial charge on any atom is -0.465 e. The second-order valence-electron chi connectivity index (χ2n) is 5.68. The van der Waals surface area contributed by atoms with Crippen molar-refractivity contribution >= 4 is 11.9 Å². The molecule has 2 aliphatic heterocycles. The predicted molar refractivity (Wildman–Crippen MR) is 88.4 cm³/mol. The molecule has 26 heavy (non-hydrogen) atoms. The number of hydrogen-bond acceptors (Lipinski definition) is 8. The molecule has 0 aliphatic carbocycles. The molecule has 0 N–H and O–H groups in total. The third-order valence-electron chi connectivity index (χ3n) is 4.28. The SMILES string of the molecule is COC(=O)C1=C(C(=O)OC)C(C#N)(c2ccccc2)OC2N(C)C=CN12. The molecule has 0 aromatic heterocycles. The second kappa shape index (κ2) is 6.54. The van der Waals surface area contributed by atoms with Gasteiger partial charge in [-0.2, -0.15) is 5.26 Å². The minimum atomic E-state index is -1.83. The highest BCUT2D eigenvalue weighted by Gasteiger charge is 2.55. The van der Waals surface area contributed by atoms with Crippen molar-refractivity contribution in [1.82, 2.24) is 9.80 Å². The lowest BCUT2D eigenvalue weighted by Crippen LogP contribution is -2.54. The van der Waals surface area contributed by atoms with Crippen molar-refractivity contribution in [2.24, 2.45) is 0 Å². The standard InChI is InChI=1S/C18H17N3O5/c1-20-9-10-21-14(16(23)25-3)13(15(22)24-2)18(11-19,26-17(20)21)12-7-5-4-6-8-12/h4-10,17H,1-3H3. The summed E-state index contributed by atoms with van der Waals surface area (Å²) in [4.78, 5) is 28.3. The van der Waals surface area contributed by atoms with Crippen LogP contribution in [0.4, 0.5) is 0 Å². The van der Waals surface area contributed by atoms with Gasteiger partial charge in [0.15, 0.2) is 0 Å². The molecule has 8 heteroatoms. The van der Waals surface area contributed by atoms with Crippen LogP contribution in [0.15, 0.2) is 54.0 Å². The van der Waals surface area contributed by atoms with Crippen LogP contribution in [0.1, 0.15) is 5.56 Å². The van der Waals surface area contributed by atoms with Gasteiger partial charge in [-0.1, -0.05) is 30.3 Å². The predicted octanol–water partition coefficient (Wildman–Crippen LogP) is 1.04. The van der Waals surface area contributed by atoms with Gasteiger partial charge in [-0.25, -0.2) is 9.59 Å². The molecule has 2 unspecified atom stereocenters. The van der Waals surface area contributed by atoms with E-state index in [9.17, 15) is 14.9 Å². The van der Waals surface area contributed by atoms with E-state index in [0.29, 0.717) is 5.56 Å². The van der Waals surface area contributed by atoms with E-state index in [2.05, 4.69) is 6.07 Å². The van der Waals surface area contributed by atoms with Crippen LogP contribution in [-0.4, -0.2) is 49.4 Å². The first kappa shape index (κ1) is 17.5. The summed E-state index contributed by atoms with van der Waals surface area (Å²) >= 11 is 0. The van der Waals surface area contributed by atoms with Gasteiger partial charge < -0.3 is 19.1 Å². The molecule has 8 nitrogen and oxygen atoms in total. The molecule has 0 radical (unpaired) electrons. The topological polar surface area (TPSA) is 92.1 Å². The summed E-state index contributed by atoms with van der Waals surface area (Å²) in [6, 6.07) is 10.6. The third kappa shape index (κ3) is 2.41. The number of methoxy groups -OCH3 is 2. The molecule has 1 aromatic rings. The van der Waals surface area contributed by atoms with Crippen LogP contribution in [0, 0.1) is 11.3 Å². The summed E-state index contributed by atoms with van der Waals surface area (Å²) in [7, 11) is 4.11. The molecule has 3 rings (SSSR count). The van der Waals surface area contributed by atoms with E-state index in [4.69, 9.17) is 14.2 Å². The Bertz CT molecular complexity index is 842. The molecular weight excluding hydrogens is 338 g/mol. The van der Waals surface area contributed by atoms with Gasteiger partial charge in [-0.05, 0) is 0 Å². The Morgan fingerprint density at radius 1 is 1.15 bits per heavy atom. The zero-order valence-electron chi connectivity index (χ0n) is 14.5. The first-order valence-corrected chi connectivity index (χ1v) is 7.74. The van der Waals surface area contributed by atoms with Crippen LogP contribution in [-0.2, 0) is 29.4 Å². The van der Waals surface area contributed by atoms with Gasteiger partial charge in [0, 0.05) is 25.0 Å². The molecule has 0 spiro atoms. The van der Waals surface area contributed by atoms with Crippen LogP contribution in [0.5, 0.6) is 0 Å². The van der Waals surface area contributed by atoms with Crippen molar-refractivity contribution in [3.05, 3.63) is 59.6 Å². The number of esters is 2. The van der Waals surface area contributed by atoms with Gasteiger partial charge >= 0.3 is 11.9 Å². The first-order chi connectivity index (χ1) is 12.5. The third-order valence-corrected chi connectivity index (χ3v) is 4.28. The normalized spacial score (nSPS) is 24.2. The Balaban J connectivity index is 2.36. The highest BCUT2D eigenvalue weighted by Crippen LogP contribution is 2.44. The first-order valence-electron chi connectivity index (χ1n) is 7.74. The fraction of sp³-hybridized carbons (Fsp3) is 0.278. The molecule has 0 saturated carbocycles. The van der Waals surface area contributed by atoms with Crippen LogP contribution < -0.4 is 0 Å². The number of ether oxygens (including phenoxy) is 3. The second-order valence-corrected chi connectivity index (χ2v) is 5.68. The van der Waals surface area contributed by atoms with Crippen LogP contribution in [0.2, 0.25) is 0 Å². The number of rotatable bonds is 3. The maximum Gasteiger partial charge on any atom is 0.355 e. The van der Waals surface area contributed by atoms with E-state index in [-0.39, 0.29) is 11.3 Å². The summed E-state index contributed by atoms with van der Waals surface area (Å²) in [6.07, 6.45) is 2.45. The van der Waals surface area contributed by atoms with Crippen molar-refractivity contribution in [1.29, 1.82) is 5.26 Å². The molecular formula is C18H17N3O5. The fourth-order valence-electron chi connectivity index (χ4n) is 3.04. The number of nitriles is 1. The number of carbonyl (C=O) groups excluding carboxylic acids is 2. The number of benzene rings is 1. The van der Waals surface area contributed by atoms with Crippen LogP contribution in [0.25, 0.3) is 0 Å². The van der Waals surface area contributed by atoms with Crippen molar-refractivity contribution in [2.75, 3.05) is 21.3 Å². The maximum absolute atomic E-state index is 12.6. The van der Waals surface area contributed by atoms with E-state index in [0.717, 1.165) is 0 Å². The molecule has 2 atom stereocenters. The number of fused-ring (bicyclic) bond motifs is 1. The van der Waals surface area contributed by atoms with E-state index >= 15 is 0 Å². The van der Waals surface area contributed by atoms with Crippen molar-refractivity contribution in [3.8, 4) is 6.07 Å². The molecule has 2 heterocycles. The van der Waals surface area contributed by atoms with Gasteiger partial charge in [-0.15, -0.1) is 0 Å². The minimum absolute atomic E-state index is 0.0957. The summed E-state index contributed by atoms with van der Waals surface area (Å²) in [5.41, 5.74) is -1.75. The van der Waals surface area contributed by atoms with E-state index < -0.39 is 23.9 Å². The lowest BCUT2D eigenvalue weighted by atomic mass is 9.84. The lowest BCUT2D eigenvalue weighted by Gasteiger charge is -2.43. The Labute approximate surface area is 150 Å². The lowest BCUT2D eigenvalue weighted by molar-refractivity contribution is -0.175. The summed E-state index contributed by atoms with van der Waals surface area (Å²) in [5, 5.41) is 10.1. The Hall–Kier alpha value is -3.31. The number of hydrogen-bond donors (Lipinski definition) is 0. The highest BCUT2D eigenvalue weighted by molar-refractivity contribution is 6.02. The fourth-order valence-corrected chi connectivity index (χ4v) is 3.04. The van der Waals surface area contributed by atoms with Gasteiger partial charge in [0.25, 0.3) is 0 Å². The zero-order chi connectivity index (χ0) is 18.9. The Kier molecular flexibility index (Phi) is 4.40. The molecule has 134 valence electrons. The zero-order valence-corrected chi connectivity index (χ0v) is 14.5. The summed E-state index contributed by atoms with van der Waals surface area (Å²) < 4.78 is 15.8. The van der Waals surface area contributed by atoms with Crippen LogP contribution in [0.3, 0.4) is 0 Å². The molecule has 0 bridgehead atoms. The van der Waals surface area contributed by atoms with E-state index in [1.54, 1.807) is 54.7 Å². The smallest absolute Gasteiger partial charge is 0.355 e. The van der Waals surface area contributed by atoms with Crippen molar-refractivity contribution in [3.63, 3.8) is 0 Å². The molecule has 0 saturated heterocycles. The maximum atomic E-state index is 12.6. The average molecular weight is 355 g/mol. The number of carbonyl (C=O) groups is 2. The monoisotopic (exact) mass is 355 g/mol. The molecule has 0 fully saturated rings. The Morgan fingerprint density at radius 3 is 2.38 bits per heavy atom. The van der Waals surface area contributed by atoms with Gasteiger partial charge in [-0.3, -0.25) is 4.90 Å². The number of nitrogens with zero attached hydrogens (tertiary/aromatic N) is 3. The van der Waals surface area contributed by atoms with E-state index in [1.807, 2.05) is 0 Å². The van der Waals surface area contributed by atoms with E-state index in [1.165, 1.54) is 19.1 Å². The molecule has 2 aliphatic rings. The Morgan fingerprint density at radius 2 is 1.81 bits per heavy atom. The largest absolute Gasteiger partial charge is 0.465 e. The summed E-state index contributed by atoms with van der Waals surface area (Å²) in [5.74, 6) is -1.62. The van der Waals surface area contributed by atoms with Gasteiger partial charge in [0.05, 0.1) is 14.2 Å². The highest BCUT2D eigenvalue weighted by atomic mass is 16.6. The average Bonchev–Trinajstić information content (AvgIpc) is 3.06. The van der Waals surface area contributed by atoms with Gasteiger partial charge in [0.2, 0.25) is 12.0 Å². The van der Waals surface area contributed by atoms with Crippen molar-refractivity contribution in [2.45, 2.75) is 12.0 Å². The summed E-state index contributed by atoms with van der Waals surface area (Å²) in [6.45, 7) is 0. The molecule has 1 aromatic carbocycles. The molecule has 0 amide bonds. The van der Waals surface area contributed by atoms with Crippen LogP contribution >= 0.6 is 0 Å².